The lowest BCUT2D eigenvalue weighted by Crippen LogP contribution is -1.97. The second kappa shape index (κ2) is 4.33. The summed E-state index contributed by atoms with van der Waals surface area (Å²) >= 11 is 0. The Hall–Kier alpha value is -1.52. The van der Waals surface area contributed by atoms with Gasteiger partial charge in [-0.3, -0.25) is 0 Å². The zero-order valence-corrected chi connectivity index (χ0v) is 9.33. The standard InChI is InChI=1S/C15H16/c1-12(2)14-10-5-3-4-8-13-9-6-7-11-15(13)14/h3,6-12H,5H2,1-2H3. The Labute approximate surface area is 91.6 Å². The van der Waals surface area contributed by atoms with E-state index < -0.39 is 0 Å². The van der Waals surface area contributed by atoms with Crippen LogP contribution in [0.3, 0.4) is 0 Å². The third-order valence-corrected chi connectivity index (χ3v) is 2.71. The average molecular weight is 196 g/mol. The van der Waals surface area contributed by atoms with E-state index >= 15 is 0 Å². The van der Waals surface area contributed by atoms with Crippen molar-refractivity contribution in [1.82, 2.24) is 0 Å². The molecule has 0 nitrogen and oxygen atoms in total. The molecule has 0 radical (unpaired) electrons. The highest BCUT2D eigenvalue weighted by Crippen LogP contribution is 2.28. The maximum atomic E-state index is 3.21. The predicted octanol–water partition coefficient (Wildman–Crippen LogP) is 4.30. The quantitative estimate of drug-likeness (QED) is 0.587. The minimum Gasteiger partial charge on any atom is -0.124 e. The molecule has 1 aromatic carbocycles. The lowest BCUT2D eigenvalue weighted by molar-refractivity contribution is 0.851. The summed E-state index contributed by atoms with van der Waals surface area (Å²) in [5.74, 6) is 0.575. The molecule has 0 bridgehead atoms. The van der Waals surface area contributed by atoms with Crippen LogP contribution in [-0.4, -0.2) is 0 Å². The first-order chi connectivity index (χ1) is 7.29. The van der Waals surface area contributed by atoms with Crippen LogP contribution in [-0.2, 0) is 0 Å². The Balaban J connectivity index is 2.59. The Morgan fingerprint density at radius 2 is 2.00 bits per heavy atom. The van der Waals surface area contributed by atoms with Crippen molar-refractivity contribution in [2.45, 2.75) is 20.3 Å². The topological polar surface area (TPSA) is 0 Å². The van der Waals surface area contributed by atoms with Crippen LogP contribution in [0.1, 0.15) is 31.4 Å². The number of benzene rings is 1. The van der Waals surface area contributed by atoms with Gasteiger partial charge in [0.2, 0.25) is 0 Å². The molecule has 0 spiro atoms. The summed E-state index contributed by atoms with van der Waals surface area (Å²) in [5.41, 5.74) is 7.28. The van der Waals surface area contributed by atoms with Crippen molar-refractivity contribution in [3.05, 3.63) is 53.3 Å². The van der Waals surface area contributed by atoms with Crippen LogP contribution < -0.4 is 0 Å². The molecule has 15 heavy (non-hydrogen) atoms. The van der Waals surface area contributed by atoms with Gasteiger partial charge in [-0.2, -0.15) is 0 Å². The molecule has 1 aliphatic rings. The molecule has 0 aliphatic heterocycles. The van der Waals surface area contributed by atoms with E-state index in [0.717, 1.165) is 6.42 Å². The zero-order chi connectivity index (χ0) is 10.7. The number of hydrogen-bond donors (Lipinski definition) is 0. The highest BCUT2D eigenvalue weighted by molar-refractivity contribution is 5.75. The van der Waals surface area contributed by atoms with Gasteiger partial charge >= 0.3 is 0 Å². The summed E-state index contributed by atoms with van der Waals surface area (Å²) in [7, 11) is 0. The van der Waals surface area contributed by atoms with Crippen LogP contribution in [0.15, 0.2) is 42.1 Å². The second-order valence-corrected chi connectivity index (χ2v) is 4.15. The molecule has 0 atom stereocenters. The van der Waals surface area contributed by atoms with Crippen LogP contribution in [0.5, 0.6) is 0 Å². The van der Waals surface area contributed by atoms with Crippen LogP contribution in [0.4, 0.5) is 0 Å². The van der Waals surface area contributed by atoms with Gasteiger partial charge in [0, 0.05) is 0 Å². The second-order valence-electron chi connectivity index (χ2n) is 4.15. The van der Waals surface area contributed by atoms with E-state index in [9.17, 15) is 0 Å². The third kappa shape index (κ3) is 2.11. The lowest BCUT2D eigenvalue weighted by Gasteiger charge is -2.15. The Morgan fingerprint density at radius 3 is 2.80 bits per heavy atom. The van der Waals surface area contributed by atoms with E-state index in [0.29, 0.717) is 5.92 Å². The van der Waals surface area contributed by atoms with Crippen LogP contribution in [0.25, 0.3) is 11.6 Å². The minimum absolute atomic E-state index is 0.575. The van der Waals surface area contributed by atoms with E-state index in [-0.39, 0.29) is 0 Å². The fraction of sp³-hybridized carbons (Fsp3) is 0.267. The number of hydrogen-bond acceptors (Lipinski definition) is 0. The van der Waals surface area contributed by atoms with Gasteiger partial charge in [0.05, 0.1) is 0 Å². The number of rotatable bonds is 1. The highest BCUT2D eigenvalue weighted by atomic mass is 14.1. The molecule has 0 N–H and O–H groups in total. The van der Waals surface area contributed by atoms with Gasteiger partial charge in [0.15, 0.2) is 0 Å². The van der Waals surface area contributed by atoms with E-state index in [1.165, 1.54) is 16.7 Å². The summed E-state index contributed by atoms with van der Waals surface area (Å²) in [5, 5.41) is 0. The fourth-order valence-electron chi connectivity index (χ4n) is 1.95. The molecule has 0 heterocycles. The Morgan fingerprint density at radius 1 is 1.20 bits per heavy atom. The van der Waals surface area contributed by atoms with Crippen molar-refractivity contribution in [1.29, 1.82) is 0 Å². The lowest BCUT2D eigenvalue weighted by atomic mass is 9.90. The van der Waals surface area contributed by atoms with Crippen molar-refractivity contribution in [3.63, 3.8) is 0 Å². The molecule has 0 amide bonds. The summed E-state index contributed by atoms with van der Waals surface area (Å²) in [6.07, 6.45) is 7.45. The normalized spacial score (nSPS) is 14.5. The zero-order valence-electron chi connectivity index (χ0n) is 9.33. The van der Waals surface area contributed by atoms with Crippen molar-refractivity contribution in [3.8, 4) is 0 Å². The molecule has 0 unspecified atom stereocenters. The van der Waals surface area contributed by atoms with Gasteiger partial charge in [0.25, 0.3) is 0 Å². The summed E-state index contributed by atoms with van der Waals surface area (Å²) < 4.78 is 0. The SMILES string of the molecule is CC(C)C1=CCC=C=Cc2ccccc21. The van der Waals surface area contributed by atoms with E-state index in [4.69, 9.17) is 0 Å². The fourth-order valence-corrected chi connectivity index (χ4v) is 1.95. The van der Waals surface area contributed by atoms with Crippen molar-refractivity contribution in [2.75, 3.05) is 0 Å². The average Bonchev–Trinajstić information content (AvgIpc) is 2.18. The van der Waals surface area contributed by atoms with E-state index in [2.05, 4.69) is 62.1 Å². The minimum atomic E-state index is 0.575. The molecule has 2 rings (SSSR count). The van der Waals surface area contributed by atoms with Crippen LogP contribution >= 0.6 is 0 Å². The number of fused-ring (bicyclic) bond motifs is 1. The van der Waals surface area contributed by atoms with Gasteiger partial charge in [0.1, 0.15) is 0 Å². The van der Waals surface area contributed by atoms with Crippen LogP contribution in [0, 0.1) is 5.92 Å². The first-order valence-corrected chi connectivity index (χ1v) is 5.49. The largest absolute Gasteiger partial charge is 0.124 e. The van der Waals surface area contributed by atoms with Crippen molar-refractivity contribution in [2.24, 2.45) is 5.92 Å². The Bertz CT molecular complexity index is 441. The summed E-state index contributed by atoms with van der Waals surface area (Å²) in [6.45, 7) is 4.50. The highest BCUT2D eigenvalue weighted by Gasteiger charge is 2.09. The Kier molecular flexibility index (Phi) is 2.89. The van der Waals surface area contributed by atoms with Crippen molar-refractivity contribution < 1.29 is 0 Å². The molecule has 0 heteroatoms. The molecule has 0 saturated carbocycles. The molecular formula is C15H16. The first kappa shape index (κ1) is 10.0. The van der Waals surface area contributed by atoms with Crippen molar-refractivity contribution >= 4 is 11.6 Å². The van der Waals surface area contributed by atoms with Crippen LogP contribution in [0.2, 0.25) is 0 Å². The van der Waals surface area contributed by atoms with E-state index in [1.54, 1.807) is 0 Å². The smallest absolute Gasteiger partial charge is 0.00868 e. The number of allylic oxidation sites excluding steroid dienone is 3. The summed E-state index contributed by atoms with van der Waals surface area (Å²) in [6, 6.07) is 8.53. The molecule has 0 aromatic heterocycles. The van der Waals surface area contributed by atoms with Gasteiger partial charge in [-0.05, 0) is 41.2 Å². The maximum Gasteiger partial charge on any atom is -0.00868 e. The summed E-state index contributed by atoms with van der Waals surface area (Å²) in [4.78, 5) is 0. The maximum absolute atomic E-state index is 3.21. The predicted molar refractivity (Wildman–Crippen MR) is 66.4 cm³/mol. The molecule has 0 fully saturated rings. The van der Waals surface area contributed by atoms with Gasteiger partial charge in [-0.15, -0.1) is 5.73 Å². The van der Waals surface area contributed by atoms with Gasteiger partial charge in [-0.1, -0.05) is 44.2 Å². The molecule has 1 aliphatic carbocycles. The van der Waals surface area contributed by atoms with E-state index in [1.807, 2.05) is 0 Å². The van der Waals surface area contributed by atoms with Gasteiger partial charge < -0.3 is 0 Å². The molecule has 1 aromatic rings. The monoisotopic (exact) mass is 196 g/mol. The first-order valence-electron chi connectivity index (χ1n) is 5.49. The third-order valence-electron chi connectivity index (χ3n) is 2.71. The molecule has 76 valence electrons. The molecular weight excluding hydrogens is 180 g/mol. The van der Waals surface area contributed by atoms with Gasteiger partial charge in [-0.25, -0.2) is 0 Å². The molecule has 0 saturated heterocycles.